The van der Waals surface area contributed by atoms with Crippen LogP contribution in [-0.2, 0) is 27.5 Å². The normalized spacial score (nSPS) is 20.2. The summed E-state index contributed by atoms with van der Waals surface area (Å²) in [6, 6.07) is 5.41. The van der Waals surface area contributed by atoms with Gasteiger partial charge in [0.2, 0.25) is 5.91 Å². The monoisotopic (exact) mass is 364 g/mol. The van der Waals surface area contributed by atoms with E-state index in [9.17, 15) is 13.2 Å². The average Bonchev–Trinajstić information content (AvgIpc) is 3.09. The van der Waals surface area contributed by atoms with Crippen molar-refractivity contribution < 1.29 is 13.2 Å². The Kier molecular flexibility index (Phi) is 6.12. The van der Waals surface area contributed by atoms with Gasteiger partial charge in [0, 0.05) is 13.0 Å². The molecular formula is C19H28N2O3S. The van der Waals surface area contributed by atoms with Crippen LogP contribution in [0.5, 0.6) is 0 Å². The van der Waals surface area contributed by atoms with Gasteiger partial charge in [-0.25, -0.2) is 8.42 Å². The fourth-order valence-corrected chi connectivity index (χ4v) is 5.05. The van der Waals surface area contributed by atoms with Crippen molar-refractivity contribution in [3.05, 3.63) is 29.3 Å². The first-order valence-corrected chi connectivity index (χ1v) is 11.0. The average molecular weight is 365 g/mol. The van der Waals surface area contributed by atoms with E-state index < -0.39 is 9.84 Å². The molecule has 0 bridgehead atoms. The number of benzene rings is 1. The van der Waals surface area contributed by atoms with Crippen molar-refractivity contribution >= 4 is 15.7 Å². The van der Waals surface area contributed by atoms with Crippen molar-refractivity contribution in [3.8, 4) is 0 Å². The Morgan fingerprint density at radius 3 is 2.84 bits per heavy atom. The van der Waals surface area contributed by atoms with Crippen molar-refractivity contribution in [2.24, 2.45) is 5.92 Å². The Hall–Kier alpha value is -1.40. The summed E-state index contributed by atoms with van der Waals surface area (Å²) in [7, 11) is -3.39. The molecule has 1 aliphatic carbocycles. The molecule has 1 fully saturated rings. The SMILES string of the molecule is O=C(CCS(=O)(=O)c1ccc2c(c1)CCC2)NCCC1CCCNC1. The second kappa shape index (κ2) is 8.32. The van der Waals surface area contributed by atoms with Crippen molar-refractivity contribution in [1.82, 2.24) is 10.6 Å². The van der Waals surface area contributed by atoms with Crippen LogP contribution in [0.2, 0.25) is 0 Å². The quantitative estimate of drug-likeness (QED) is 0.774. The molecule has 0 aromatic heterocycles. The molecule has 2 N–H and O–H groups in total. The van der Waals surface area contributed by atoms with Crippen LogP contribution in [-0.4, -0.2) is 39.7 Å². The zero-order valence-electron chi connectivity index (χ0n) is 14.7. The van der Waals surface area contributed by atoms with Gasteiger partial charge in [-0.1, -0.05) is 6.07 Å². The summed E-state index contributed by atoms with van der Waals surface area (Å²) >= 11 is 0. The Morgan fingerprint density at radius 2 is 2.04 bits per heavy atom. The predicted octanol–water partition coefficient (Wildman–Crippen LogP) is 1.85. The van der Waals surface area contributed by atoms with Crippen LogP contribution in [0.4, 0.5) is 0 Å². The molecule has 25 heavy (non-hydrogen) atoms. The van der Waals surface area contributed by atoms with E-state index in [1.165, 1.54) is 18.4 Å². The number of hydrogen-bond acceptors (Lipinski definition) is 4. The summed E-state index contributed by atoms with van der Waals surface area (Å²) in [6.07, 6.45) is 6.47. The maximum atomic E-state index is 12.5. The van der Waals surface area contributed by atoms with Gasteiger partial charge in [0.25, 0.3) is 0 Å². The van der Waals surface area contributed by atoms with Crippen molar-refractivity contribution in [1.29, 1.82) is 0 Å². The molecule has 1 saturated heterocycles. The molecule has 1 amide bonds. The standard InChI is InChI=1S/C19H28N2O3S/c22-19(21-11-8-15-3-2-10-20-14-15)9-12-25(23,24)18-7-6-16-4-1-5-17(16)13-18/h6-7,13,15,20H,1-5,8-12,14H2,(H,21,22). The van der Waals surface area contributed by atoms with Gasteiger partial charge >= 0.3 is 0 Å². The summed E-state index contributed by atoms with van der Waals surface area (Å²) in [5, 5.41) is 6.23. The Labute approximate surface area is 150 Å². The number of amides is 1. The number of fused-ring (bicyclic) bond motifs is 1. The van der Waals surface area contributed by atoms with E-state index in [-0.39, 0.29) is 18.1 Å². The molecule has 0 radical (unpaired) electrons. The maximum absolute atomic E-state index is 12.5. The molecule has 3 rings (SSSR count). The predicted molar refractivity (Wildman–Crippen MR) is 98.4 cm³/mol. The van der Waals surface area contributed by atoms with Gasteiger partial charge in [-0.05, 0) is 80.8 Å². The molecule has 6 heteroatoms. The van der Waals surface area contributed by atoms with Crippen molar-refractivity contribution in [2.45, 2.75) is 49.8 Å². The third-order valence-electron chi connectivity index (χ3n) is 5.30. The molecule has 1 heterocycles. The number of rotatable bonds is 7. The van der Waals surface area contributed by atoms with E-state index in [0.29, 0.717) is 17.4 Å². The number of nitrogens with one attached hydrogen (secondary N) is 2. The summed E-state index contributed by atoms with van der Waals surface area (Å²) in [5.41, 5.74) is 2.40. The summed E-state index contributed by atoms with van der Waals surface area (Å²) in [5.74, 6) is 0.320. The van der Waals surface area contributed by atoms with Crippen LogP contribution in [0, 0.1) is 5.92 Å². The molecule has 5 nitrogen and oxygen atoms in total. The highest BCUT2D eigenvalue weighted by molar-refractivity contribution is 7.91. The number of carbonyl (C=O) groups is 1. The molecule has 0 saturated carbocycles. The summed E-state index contributed by atoms with van der Waals surface area (Å²) in [4.78, 5) is 12.3. The minimum atomic E-state index is -3.39. The highest BCUT2D eigenvalue weighted by Gasteiger charge is 2.20. The summed E-state index contributed by atoms with van der Waals surface area (Å²) < 4.78 is 24.9. The lowest BCUT2D eigenvalue weighted by atomic mass is 9.96. The van der Waals surface area contributed by atoms with Crippen LogP contribution < -0.4 is 10.6 Å². The zero-order chi connectivity index (χ0) is 17.7. The van der Waals surface area contributed by atoms with E-state index in [1.807, 2.05) is 6.07 Å². The molecule has 1 unspecified atom stereocenters. The van der Waals surface area contributed by atoms with E-state index in [2.05, 4.69) is 10.6 Å². The van der Waals surface area contributed by atoms with E-state index in [1.54, 1.807) is 12.1 Å². The van der Waals surface area contributed by atoms with Gasteiger partial charge in [-0.15, -0.1) is 0 Å². The number of sulfone groups is 1. The second-order valence-corrected chi connectivity index (χ2v) is 9.31. The van der Waals surface area contributed by atoms with Gasteiger partial charge in [-0.3, -0.25) is 4.79 Å². The van der Waals surface area contributed by atoms with Crippen LogP contribution in [0.25, 0.3) is 0 Å². The highest BCUT2D eigenvalue weighted by Crippen LogP contribution is 2.25. The number of aryl methyl sites for hydroxylation is 2. The summed E-state index contributed by atoms with van der Waals surface area (Å²) in [6.45, 7) is 2.73. The number of hydrogen-bond donors (Lipinski definition) is 2. The third kappa shape index (κ3) is 5.05. The van der Waals surface area contributed by atoms with Gasteiger partial charge in [0.15, 0.2) is 9.84 Å². The molecule has 1 atom stereocenters. The minimum absolute atomic E-state index is 0.0301. The first kappa shape index (κ1) is 18.4. The Bertz CT molecular complexity index is 709. The lowest BCUT2D eigenvalue weighted by Gasteiger charge is -2.22. The molecule has 0 spiro atoms. The molecular weight excluding hydrogens is 336 g/mol. The van der Waals surface area contributed by atoms with Gasteiger partial charge < -0.3 is 10.6 Å². The third-order valence-corrected chi connectivity index (χ3v) is 7.01. The van der Waals surface area contributed by atoms with E-state index in [4.69, 9.17) is 0 Å². The molecule has 1 aromatic carbocycles. The lowest BCUT2D eigenvalue weighted by Crippen LogP contribution is -2.33. The maximum Gasteiger partial charge on any atom is 0.221 e. The van der Waals surface area contributed by atoms with Crippen LogP contribution in [0.15, 0.2) is 23.1 Å². The van der Waals surface area contributed by atoms with Gasteiger partial charge in [-0.2, -0.15) is 0 Å². The fourth-order valence-electron chi connectivity index (χ4n) is 3.76. The second-order valence-electron chi connectivity index (χ2n) is 7.20. The van der Waals surface area contributed by atoms with Crippen LogP contribution in [0.1, 0.15) is 43.2 Å². The number of piperidine rings is 1. The van der Waals surface area contributed by atoms with Crippen molar-refractivity contribution in [2.75, 3.05) is 25.4 Å². The topological polar surface area (TPSA) is 75.3 Å². The van der Waals surface area contributed by atoms with Crippen LogP contribution in [0.3, 0.4) is 0 Å². The Balaban J connectivity index is 1.44. The largest absolute Gasteiger partial charge is 0.356 e. The first-order valence-electron chi connectivity index (χ1n) is 9.36. The van der Waals surface area contributed by atoms with E-state index in [0.717, 1.165) is 44.3 Å². The molecule has 1 aromatic rings. The molecule has 2 aliphatic rings. The fraction of sp³-hybridized carbons (Fsp3) is 0.632. The van der Waals surface area contributed by atoms with Gasteiger partial charge in [0.05, 0.1) is 10.6 Å². The minimum Gasteiger partial charge on any atom is -0.356 e. The lowest BCUT2D eigenvalue weighted by molar-refractivity contribution is -0.120. The smallest absolute Gasteiger partial charge is 0.221 e. The van der Waals surface area contributed by atoms with Crippen LogP contribution >= 0.6 is 0 Å². The first-order chi connectivity index (χ1) is 12.0. The Morgan fingerprint density at radius 1 is 1.20 bits per heavy atom. The van der Waals surface area contributed by atoms with Gasteiger partial charge in [0.1, 0.15) is 0 Å². The molecule has 1 aliphatic heterocycles. The molecule has 138 valence electrons. The number of carbonyl (C=O) groups excluding carboxylic acids is 1. The highest BCUT2D eigenvalue weighted by atomic mass is 32.2. The van der Waals surface area contributed by atoms with E-state index >= 15 is 0 Å². The van der Waals surface area contributed by atoms with Crippen molar-refractivity contribution in [3.63, 3.8) is 0 Å². The zero-order valence-corrected chi connectivity index (χ0v) is 15.5.